The molecular weight excluding hydrogens is 470 g/mol. The fraction of sp³-hybridized carbons (Fsp3) is 0.280. The second-order valence-corrected chi connectivity index (χ2v) is 8.60. The molecule has 0 spiro atoms. The van der Waals surface area contributed by atoms with Gasteiger partial charge in [0.2, 0.25) is 5.91 Å². The van der Waals surface area contributed by atoms with Crippen LogP contribution in [0.3, 0.4) is 0 Å². The molecule has 4 aromatic rings. The summed E-state index contributed by atoms with van der Waals surface area (Å²) in [5.74, 6) is -0.391. The third-order valence-electron chi connectivity index (χ3n) is 5.79. The van der Waals surface area contributed by atoms with Crippen LogP contribution in [0.5, 0.6) is 0 Å². The fourth-order valence-electron chi connectivity index (χ4n) is 3.87. The van der Waals surface area contributed by atoms with E-state index >= 15 is 0 Å². The van der Waals surface area contributed by atoms with Crippen molar-refractivity contribution in [1.29, 1.82) is 0 Å². The van der Waals surface area contributed by atoms with Gasteiger partial charge in [0, 0.05) is 32.3 Å². The number of imidazole rings is 1. The summed E-state index contributed by atoms with van der Waals surface area (Å²) in [5.41, 5.74) is 0.999. The van der Waals surface area contributed by atoms with E-state index in [1.807, 2.05) is 48.5 Å². The van der Waals surface area contributed by atoms with E-state index in [-0.39, 0.29) is 24.3 Å². The summed E-state index contributed by atoms with van der Waals surface area (Å²) in [5, 5.41) is 0.540. The van der Waals surface area contributed by atoms with E-state index in [1.165, 1.54) is 15.8 Å². The molecule has 1 amide bonds. The number of ether oxygens (including phenoxy) is 1. The number of carbonyl (C=O) groups is 1. The van der Waals surface area contributed by atoms with Crippen LogP contribution in [0.25, 0.3) is 11.2 Å². The molecule has 0 fully saturated rings. The molecule has 0 aliphatic heterocycles. The van der Waals surface area contributed by atoms with Crippen LogP contribution in [0.1, 0.15) is 11.1 Å². The van der Waals surface area contributed by atoms with Crippen LogP contribution in [-0.2, 0) is 35.7 Å². The lowest BCUT2D eigenvalue weighted by atomic mass is 10.2. The molecule has 35 heavy (non-hydrogen) atoms. The van der Waals surface area contributed by atoms with Crippen LogP contribution >= 0.6 is 11.6 Å². The van der Waals surface area contributed by atoms with Crippen molar-refractivity contribution in [2.75, 3.05) is 20.8 Å². The Balaban J connectivity index is 1.74. The normalized spacial score (nSPS) is 11.2. The number of hydrogen-bond acceptors (Lipinski definition) is 5. The first-order valence-corrected chi connectivity index (χ1v) is 11.5. The number of methoxy groups -OCH3 is 1. The zero-order chi connectivity index (χ0) is 24.9. The smallest absolute Gasteiger partial charge is 0.333 e. The number of carbonyl (C=O) groups excluding carboxylic acids is 1. The van der Waals surface area contributed by atoms with Crippen molar-refractivity contribution in [1.82, 2.24) is 23.6 Å². The van der Waals surface area contributed by atoms with Crippen molar-refractivity contribution < 1.29 is 9.53 Å². The molecule has 0 bridgehead atoms. The van der Waals surface area contributed by atoms with Crippen molar-refractivity contribution >= 4 is 28.7 Å². The number of amides is 1. The Hall–Kier alpha value is -3.69. The van der Waals surface area contributed by atoms with Gasteiger partial charge in [-0.25, -0.2) is 14.3 Å². The number of rotatable bonds is 9. The van der Waals surface area contributed by atoms with Gasteiger partial charge in [0.05, 0.1) is 19.5 Å². The van der Waals surface area contributed by atoms with E-state index in [4.69, 9.17) is 16.3 Å². The average Bonchev–Trinajstić information content (AvgIpc) is 3.29. The molecule has 0 N–H and O–H groups in total. The quantitative estimate of drug-likeness (QED) is 0.355. The number of fused-ring (bicyclic) bond motifs is 1. The van der Waals surface area contributed by atoms with Gasteiger partial charge < -0.3 is 14.2 Å². The van der Waals surface area contributed by atoms with Crippen molar-refractivity contribution in [3.63, 3.8) is 0 Å². The highest BCUT2D eigenvalue weighted by Crippen LogP contribution is 2.16. The summed E-state index contributed by atoms with van der Waals surface area (Å²) in [6.07, 6.45) is 1.52. The van der Waals surface area contributed by atoms with E-state index < -0.39 is 23.7 Å². The molecule has 0 atom stereocenters. The Morgan fingerprint density at radius 1 is 1.06 bits per heavy atom. The predicted octanol–water partition coefficient (Wildman–Crippen LogP) is 2.37. The van der Waals surface area contributed by atoms with Crippen molar-refractivity contribution in [3.05, 3.63) is 97.9 Å². The highest BCUT2D eigenvalue weighted by Gasteiger charge is 2.21. The minimum Gasteiger partial charge on any atom is -0.383 e. The lowest BCUT2D eigenvalue weighted by Gasteiger charge is -2.19. The van der Waals surface area contributed by atoms with Gasteiger partial charge in [0.1, 0.15) is 6.54 Å². The molecule has 0 unspecified atom stereocenters. The minimum absolute atomic E-state index is 0.210. The van der Waals surface area contributed by atoms with Crippen LogP contribution in [0.2, 0.25) is 5.02 Å². The van der Waals surface area contributed by atoms with Crippen molar-refractivity contribution in [3.8, 4) is 0 Å². The average molecular weight is 496 g/mol. The number of aromatic nitrogens is 4. The Kier molecular flexibility index (Phi) is 7.48. The monoisotopic (exact) mass is 495 g/mol. The fourth-order valence-corrected chi connectivity index (χ4v) is 4.07. The van der Waals surface area contributed by atoms with Crippen LogP contribution in [0.15, 0.2) is 70.5 Å². The predicted molar refractivity (Wildman–Crippen MR) is 134 cm³/mol. The first-order valence-electron chi connectivity index (χ1n) is 11.1. The summed E-state index contributed by atoms with van der Waals surface area (Å²) in [7, 11) is 3.18. The molecule has 0 saturated heterocycles. The van der Waals surface area contributed by atoms with E-state index in [1.54, 1.807) is 24.8 Å². The largest absolute Gasteiger partial charge is 0.383 e. The lowest BCUT2D eigenvalue weighted by Crippen LogP contribution is -2.44. The Morgan fingerprint density at radius 3 is 2.49 bits per heavy atom. The zero-order valence-corrected chi connectivity index (χ0v) is 20.3. The molecule has 4 rings (SSSR count). The molecule has 2 heterocycles. The third kappa shape index (κ3) is 5.21. The number of likely N-dealkylation sites (N-methyl/N-ethyl adjacent to an activating group) is 1. The van der Waals surface area contributed by atoms with Gasteiger partial charge in [-0.2, -0.15) is 0 Å². The Labute approximate surface area is 206 Å². The van der Waals surface area contributed by atoms with E-state index in [9.17, 15) is 14.4 Å². The molecule has 0 radical (unpaired) electrons. The molecule has 9 nitrogen and oxygen atoms in total. The first-order chi connectivity index (χ1) is 16.9. The summed E-state index contributed by atoms with van der Waals surface area (Å²) in [6, 6.07) is 16.6. The Bertz CT molecular complexity index is 1460. The van der Waals surface area contributed by atoms with Gasteiger partial charge >= 0.3 is 5.69 Å². The van der Waals surface area contributed by atoms with Gasteiger partial charge in [-0.3, -0.25) is 14.2 Å². The molecule has 0 saturated carbocycles. The maximum atomic E-state index is 13.5. The van der Waals surface area contributed by atoms with Gasteiger partial charge in [-0.15, -0.1) is 0 Å². The summed E-state index contributed by atoms with van der Waals surface area (Å²) < 4.78 is 9.20. The van der Waals surface area contributed by atoms with Gasteiger partial charge in [0.25, 0.3) is 5.56 Å². The minimum atomic E-state index is -0.595. The maximum Gasteiger partial charge on any atom is 0.333 e. The second kappa shape index (κ2) is 10.7. The summed E-state index contributed by atoms with van der Waals surface area (Å²) >= 11 is 6.23. The first kappa shape index (κ1) is 24.4. The van der Waals surface area contributed by atoms with E-state index in [2.05, 4.69) is 4.98 Å². The molecule has 10 heteroatoms. The van der Waals surface area contributed by atoms with Crippen LogP contribution in [0.4, 0.5) is 0 Å². The standard InChI is InChI=1S/C25H26ClN5O4/c1-28(15-19-10-6-7-11-20(19)26)21(32)16-31-24(33)22-23(27-17-29(22)12-13-35-2)30(25(31)34)14-18-8-4-3-5-9-18/h3-11,17H,12-16H2,1-2H3. The number of hydrogen-bond donors (Lipinski definition) is 0. The number of benzene rings is 2. The lowest BCUT2D eigenvalue weighted by molar-refractivity contribution is -0.131. The topological polar surface area (TPSA) is 91.4 Å². The molecular formula is C25H26ClN5O4. The molecule has 2 aromatic carbocycles. The molecule has 0 aliphatic carbocycles. The third-order valence-corrected chi connectivity index (χ3v) is 6.16. The van der Waals surface area contributed by atoms with E-state index in [0.29, 0.717) is 18.2 Å². The van der Waals surface area contributed by atoms with Crippen molar-refractivity contribution in [2.24, 2.45) is 0 Å². The SMILES string of the molecule is COCCn1cnc2c1c(=O)n(CC(=O)N(C)Cc1ccccc1Cl)c(=O)n2Cc1ccccc1. The summed E-state index contributed by atoms with van der Waals surface area (Å²) in [6.45, 7) is 0.800. The summed E-state index contributed by atoms with van der Waals surface area (Å²) in [4.78, 5) is 45.8. The zero-order valence-electron chi connectivity index (χ0n) is 19.6. The van der Waals surface area contributed by atoms with Crippen LogP contribution < -0.4 is 11.2 Å². The molecule has 2 aromatic heterocycles. The number of nitrogens with zero attached hydrogens (tertiary/aromatic N) is 5. The van der Waals surface area contributed by atoms with Gasteiger partial charge in [-0.05, 0) is 17.2 Å². The second-order valence-electron chi connectivity index (χ2n) is 8.19. The Morgan fingerprint density at radius 2 is 1.77 bits per heavy atom. The highest BCUT2D eigenvalue weighted by atomic mass is 35.5. The van der Waals surface area contributed by atoms with Gasteiger partial charge in [-0.1, -0.05) is 60.1 Å². The molecule has 0 aliphatic rings. The highest BCUT2D eigenvalue weighted by molar-refractivity contribution is 6.31. The van der Waals surface area contributed by atoms with Crippen LogP contribution in [-0.4, -0.2) is 50.3 Å². The molecule has 182 valence electrons. The van der Waals surface area contributed by atoms with Gasteiger partial charge in [0.15, 0.2) is 11.2 Å². The number of halogens is 1. The maximum absolute atomic E-state index is 13.5. The van der Waals surface area contributed by atoms with Crippen molar-refractivity contribution in [2.45, 2.75) is 26.2 Å². The van der Waals surface area contributed by atoms with Crippen LogP contribution in [0, 0.1) is 0 Å². The van der Waals surface area contributed by atoms with E-state index in [0.717, 1.165) is 15.7 Å².